The van der Waals surface area contributed by atoms with Crippen molar-refractivity contribution >= 4 is 21.6 Å². The van der Waals surface area contributed by atoms with Crippen molar-refractivity contribution in [1.82, 2.24) is 15.1 Å². The second kappa shape index (κ2) is 3.55. The van der Waals surface area contributed by atoms with Gasteiger partial charge in [-0.2, -0.15) is 0 Å². The van der Waals surface area contributed by atoms with Crippen LogP contribution in [0.4, 0.5) is 5.69 Å². The van der Waals surface area contributed by atoms with E-state index in [0.717, 1.165) is 23.1 Å². The fourth-order valence-corrected chi connectivity index (χ4v) is 1.88. The van der Waals surface area contributed by atoms with Crippen molar-refractivity contribution in [3.05, 3.63) is 22.7 Å². The van der Waals surface area contributed by atoms with Gasteiger partial charge in [0, 0.05) is 12.1 Å². The lowest BCUT2D eigenvalue weighted by molar-refractivity contribution is 0.431. The van der Waals surface area contributed by atoms with Gasteiger partial charge in [0.05, 0.1) is 10.7 Å². The van der Waals surface area contributed by atoms with E-state index in [2.05, 4.69) is 31.1 Å². The van der Waals surface area contributed by atoms with Crippen molar-refractivity contribution in [2.75, 3.05) is 5.73 Å². The Labute approximate surface area is 100 Å². The number of hydrogen-bond acceptors (Lipinski definition) is 5. The standard InChI is InChI=1S/C10H9BrN4O/c11-6-3-13-10(5-1-2-5)15-8(6)9-7(12)4-14-16-9/h3-5H,1-2,12H2. The average Bonchev–Trinajstić information content (AvgIpc) is 3.03. The molecule has 2 aromatic heterocycles. The van der Waals surface area contributed by atoms with Crippen molar-refractivity contribution in [1.29, 1.82) is 0 Å². The molecule has 0 unspecified atom stereocenters. The lowest BCUT2D eigenvalue weighted by Gasteiger charge is -2.02. The Hall–Kier alpha value is -1.43. The van der Waals surface area contributed by atoms with Gasteiger partial charge in [-0.1, -0.05) is 5.16 Å². The predicted molar refractivity (Wildman–Crippen MR) is 61.6 cm³/mol. The molecule has 5 nitrogen and oxygen atoms in total. The van der Waals surface area contributed by atoms with E-state index in [4.69, 9.17) is 10.3 Å². The van der Waals surface area contributed by atoms with E-state index >= 15 is 0 Å². The van der Waals surface area contributed by atoms with Crippen molar-refractivity contribution in [2.24, 2.45) is 0 Å². The van der Waals surface area contributed by atoms with Crippen LogP contribution in [-0.4, -0.2) is 15.1 Å². The molecule has 0 bridgehead atoms. The molecule has 2 heterocycles. The van der Waals surface area contributed by atoms with Crippen LogP contribution < -0.4 is 5.73 Å². The van der Waals surface area contributed by atoms with E-state index in [1.54, 1.807) is 6.20 Å². The zero-order valence-corrected chi connectivity index (χ0v) is 9.94. The van der Waals surface area contributed by atoms with Crippen LogP contribution in [0.2, 0.25) is 0 Å². The van der Waals surface area contributed by atoms with Gasteiger partial charge in [-0.05, 0) is 28.8 Å². The van der Waals surface area contributed by atoms with Gasteiger partial charge in [0.15, 0.2) is 0 Å². The minimum atomic E-state index is 0.487. The number of halogens is 1. The predicted octanol–water partition coefficient (Wildman–Crippen LogP) is 2.35. The summed E-state index contributed by atoms with van der Waals surface area (Å²) in [6.07, 6.45) is 5.53. The average molecular weight is 281 g/mol. The molecule has 16 heavy (non-hydrogen) atoms. The second-order valence-electron chi connectivity index (χ2n) is 3.81. The third-order valence-corrected chi connectivity index (χ3v) is 3.10. The van der Waals surface area contributed by atoms with Crippen molar-refractivity contribution < 1.29 is 4.52 Å². The summed E-state index contributed by atoms with van der Waals surface area (Å²) in [6, 6.07) is 0. The lowest BCUT2D eigenvalue weighted by Crippen LogP contribution is -1.96. The Kier molecular flexibility index (Phi) is 2.17. The molecule has 2 aromatic rings. The van der Waals surface area contributed by atoms with Crippen LogP contribution in [0, 0.1) is 0 Å². The molecular formula is C10H9BrN4O. The molecule has 1 aliphatic rings. The van der Waals surface area contributed by atoms with Gasteiger partial charge in [-0.3, -0.25) is 0 Å². The van der Waals surface area contributed by atoms with Gasteiger partial charge in [-0.15, -0.1) is 0 Å². The Bertz CT molecular complexity index is 535. The number of nitrogens with zero attached hydrogens (tertiary/aromatic N) is 3. The number of nitrogen functional groups attached to an aromatic ring is 1. The summed E-state index contributed by atoms with van der Waals surface area (Å²) in [6.45, 7) is 0. The van der Waals surface area contributed by atoms with E-state index in [0.29, 0.717) is 23.1 Å². The third-order valence-electron chi connectivity index (χ3n) is 2.52. The fourth-order valence-electron chi connectivity index (χ4n) is 1.51. The van der Waals surface area contributed by atoms with Crippen LogP contribution in [0.1, 0.15) is 24.6 Å². The normalized spacial score (nSPS) is 15.3. The number of aromatic nitrogens is 3. The van der Waals surface area contributed by atoms with Crippen LogP contribution in [0.15, 0.2) is 21.4 Å². The highest BCUT2D eigenvalue weighted by Crippen LogP contribution is 2.39. The highest BCUT2D eigenvalue weighted by molar-refractivity contribution is 9.10. The van der Waals surface area contributed by atoms with Crippen molar-refractivity contribution in [2.45, 2.75) is 18.8 Å². The van der Waals surface area contributed by atoms with Crippen LogP contribution in [-0.2, 0) is 0 Å². The van der Waals surface area contributed by atoms with Gasteiger partial charge < -0.3 is 10.3 Å². The molecule has 1 saturated carbocycles. The SMILES string of the molecule is Nc1cnoc1-c1nc(C2CC2)ncc1Br. The summed E-state index contributed by atoms with van der Waals surface area (Å²) in [4.78, 5) is 8.75. The van der Waals surface area contributed by atoms with Gasteiger partial charge in [0.1, 0.15) is 17.2 Å². The minimum Gasteiger partial charge on any atom is -0.394 e. The number of rotatable bonds is 2. The number of nitrogens with two attached hydrogens (primary N) is 1. The summed E-state index contributed by atoms with van der Waals surface area (Å²) in [5.41, 5.74) is 6.91. The molecule has 1 fully saturated rings. The first-order chi connectivity index (χ1) is 7.75. The molecule has 0 saturated heterocycles. The molecule has 6 heteroatoms. The Morgan fingerprint density at radius 3 is 2.81 bits per heavy atom. The van der Waals surface area contributed by atoms with Crippen LogP contribution in [0.3, 0.4) is 0 Å². The molecule has 0 aliphatic heterocycles. The quantitative estimate of drug-likeness (QED) is 0.914. The Morgan fingerprint density at radius 1 is 1.38 bits per heavy atom. The molecule has 0 spiro atoms. The van der Waals surface area contributed by atoms with Crippen LogP contribution >= 0.6 is 15.9 Å². The van der Waals surface area contributed by atoms with Gasteiger partial charge in [0.2, 0.25) is 5.76 Å². The molecule has 3 rings (SSSR count). The zero-order valence-electron chi connectivity index (χ0n) is 8.35. The summed E-state index contributed by atoms with van der Waals surface area (Å²) < 4.78 is 5.86. The van der Waals surface area contributed by atoms with Crippen LogP contribution in [0.5, 0.6) is 0 Å². The monoisotopic (exact) mass is 280 g/mol. The molecule has 0 amide bonds. The maximum atomic E-state index is 5.75. The highest BCUT2D eigenvalue weighted by Gasteiger charge is 2.28. The molecule has 0 aromatic carbocycles. The maximum absolute atomic E-state index is 5.75. The van der Waals surface area contributed by atoms with Gasteiger partial charge in [0.25, 0.3) is 0 Å². The molecule has 0 radical (unpaired) electrons. The van der Waals surface area contributed by atoms with Crippen molar-refractivity contribution in [3.63, 3.8) is 0 Å². The van der Waals surface area contributed by atoms with Gasteiger partial charge in [-0.25, -0.2) is 9.97 Å². The first-order valence-corrected chi connectivity index (χ1v) is 5.78. The first kappa shape index (κ1) is 9.77. The number of hydrogen-bond donors (Lipinski definition) is 1. The second-order valence-corrected chi connectivity index (χ2v) is 4.66. The van der Waals surface area contributed by atoms with E-state index in [9.17, 15) is 0 Å². The largest absolute Gasteiger partial charge is 0.394 e. The van der Waals surface area contributed by atoms with E-state index < -0.39 is 0 Å². The van der Waals surface area contributed by atoms with Gasteiger partial charge >= 0.3 is 0 Å². The summed E-state index contributed by atoms with van der Waals surface area (Å²) in [7, 11) is 0. The van der Waals surface area contributed by atoms with E-state index in [1.165, 1.54) is 6.20 Å². The topological polar surface area (TPSA) is 77.8 Å². The van der Waals surface area contributed by atoms with E-state index in [1.807, 2.05) is 0 Å². The molecule has 0 atom stereocenters. The molecule has 82 valence electrons. The molecular weight excluding hydrogens is 272 g/mol. The smallest absolute Gasteiger partial charge is 0.209 e. The molecule has 1 aliphatic carbocycles. The lowest BCUT2D eigenvalue weighted by atomic mass is 10.2. The molecule has 2 N–H and O–H groups in total. The van der Waals surface area contributed by atoms with Crippen molar-refractivity contribution in [3.8, 4) is 11.5 Å². The third kappa shape index (κ3) is 1.59. The van der Waals surface area contributed by atoms with Crippen LogP contribution in [0.25, 0.3) is 11.5 Å². The Morgan fingerprint density at radius 2 is 2.19 bits per heavy atom. The first-order valence-electron chi connectivity index (χ1n) is 4.98. The zero-order chi connectivity index (χ0) is 11.1. The summed E-state index contributed by atoms with van der Waals surface area (Å²) in [5, 5.41) is 3.65. The fraction of sp³-hybridized carbons (Fsp3) is 0.300. The maximum Gasteiger partial charge on any atom is 0.209 e. The summed E-state index contributed by atoms with van der Waals surface area (Å²) >= 11 is 3.39. The number of anilines is 1. The van der Waals surface area contributed by atoms with E-state index in [-0.39, 0.29) is 0 Å². The highest BCUT2D eigenvalue weighted by atomic mass is 79.9. The Balaban J connectivity index is 2.11. The summed E-state index contributed by atoms with van der Waals surface area (Å²) in [5.74, 6) is 1.85. The minimum absolute atomic E-state index is 0.487.